The maximum absolute atomic E-state index is 12.5. The molecule has 1 aliphatic heterocycles. The molecule has 3 rings (SSSR count). The predicted octanol–water partition coefficient (Wildman–Crippen LogP) is 4.25. The summed E-state index contributed by atoms with van der Waals surface area (Å²) in [7, 11) is 0. The van der Waals surface area contributed by atoms with Crippen molar-refractivity contribution in [3.05, 3.63) is 65.5 Å². The van der Waals surface area contributed by atoms with Crippen LogP contribution in [0, 0.1) is 0 Å². The van der Waals surface area contributed by atoms with Crippen molar-refractivity contribution in [2.75, 3.05) is 19.6 Å². The number of likely N-dealkylation sites (tertiary alicyclic amines) is 1. The minimum Gasteiger partial charge on any atom is -0.354 e. The number of hydrogen-bond donors (Lipinski definition) is 2. The smallest absolute Gasteiger partial charge is 0.221 e. The van der Waals surface area contributed by atoms with Crippen molar-refractivity contribution >= 4 is 5.91 Å². The number of aryl methyl sites for hydroxylation is 1. The van der Waals surface area contributed by atoms with Crippen molar-refractivity contribution in [1.29, 1.82) is 0 Å². The van der Waals surface area contributed by atoms with Gasteiger partial charge in [-0.3, -0.25) is 14.7 Å². The Balaban J connectivity index is 1.35. The highest BCUT2D eigenvalue weighted by Crippen LogP contribution is 2.30. The van der Waals surface area contributed by atoms with Crippen LogP contribution in [0.1, 0.15) is 68.7 Å². The van der Waals surface area contributed by atoms with Crippen LogP contribution in [0.15, 0.2) is 48.8 Å². The zero-order valence-corrected chi connectivity index (χ0v) is 19.1. The molecule has 5 heteroatoms. The fraction of sp³-hybridized carbons (Fsp3) is 0.538. The summed E-state index contributed by atoms with van der Waals surface area (Å²) in [6.45, 7) is 7.92. The number of aromatic nitrogens is 1. The van der Waals surface area contributed by atoms with Gasteiger partial charge >= 0.3 is 0 Å². The molecule has 168 valence electrons. The summed E-state index contributed by atoms with van der Waals surface area (Å²) in [5.41, 5.74) is 3.96. The van der Waals surface area contributed by atoms with Gasteiger partial charge in [-0.1, -0.05) is 43.7 Å². The van der Waals surface area contributed by atoms with Crippen molar-refractivity contribution in [3.8, 4) is 0 Å². The zero-order chi connectivity index (χ0) is 21.9. The minimum atomic E-state index is 0.152. The van der Waals surface area contributed by atoms with Gasteiger partial charge in [-0.15, -0.1) is 0 Å². The summed E-state index contributed by atoms with van der Waals surface area (Å²) in [5, 5.41) is 6.67. The molecule has 2 unspecified atom stereocenters. The third-order valence-corrected chi connectivity index (χ3v) is 6.20. The Kier molecular flexibility index (Phi) is 9.50. The quantitative estimate of drug-likeness (QED) is 0.532. The number of carbonyl (C=O) groups excluding carboxylic acids is 1. The van der Waals surface area contributed by atoms with Gasteiger partial charge in [0.1, 0.15) is 0 Å². The zero-order valence-electron chi connectivity index (χ0n) is 19.1. The van der Waals surface area contributed by atoms with Crippen molar-refractivity contribution in [1.82, 2.24) is 20.5 Å². The molecular formula is C26H38N4O. The predicted molar refractivity (Wildman–Crippen MR) is 127 cm³/mol. The Morgan fingerprint density at radius 3 is 2.90 bits per heavy atom. The van der Waals surface area contributed by atoms with Crippen LogP contribution in [0.3, 0.4) is 0 Å². The molecule has 2 N–H and O–H groups in total. The van der Waals surface area contributed by atoms with E-state index < -0.39 is 0 Å². The maximum atomic E-state index is 12.5. The summed E-state index contributed by atoms with van der Waals surface area (Å²) in [6, 6.07) is 13.5. The van der Waals surface area contributed by atoms with Gasteiger partial charge in [-0.05, 0) is 68.5 Å². The highest BCUT2D eigenvalue weighted by atomic mass is 16.1. The second-order valence-electron chi connectivity index (χ2n) is 8.69. The molecule has 2 heterocycles. The largest absolute Gasteiger partial charge is 0.354 e. The lowest BCUT2D eigenvalue weighted by atomic mass is 9.96. The number of benzene rings is 1. The highest BCUT2D eigenvalue weighted by molar-refractivity contribution is 5.76. The lowest BCUT2D eigenvalue weighted by Gasteiger charge is -2.35. The summed E-state index contributed by atoms with van der Waals surface area (Å²) >= 11 is 0. The molecular weight excluding hydrogens is 384 g/mol. The van der Waals surface area contributed by atoms with Crippen LogP contribution in [-0.4, -0.2) is 41.5 Å². The number of rotatable bonds is 11. The fourth-order valence-corrected chi connectivity index (χ4v) is 4.38. The average Bonchev–Trinajstić information content (AvgIpc) is 2.81. The van der Waals surface area contributed by atoms with E-state index in [0.29, 0.717) is 12.5 Å². The minimum absolute atomic E-state index is 0.152. The third-order valence-electron chi connectivity index (χ3n) is 6.20. The number of pyridine rings is 1. The second-order valence-corrected chi connectivity index (χ2v) is 8.69. The summed E-state index contributed by atoms with van der Waals surface area (Å²) in [6.07, 6.45) is 9.95. The number of nitrogens with zero attached hydrogens (tertiary/aromatic N) is 2. The molecule has 2 aromatic rings. The average molecular weight is 423 g/mol. The Morgan fingerprint density at radius 2 is 2.10 bits per heavy atom. The molecule has 0 spiro atoms. The topological polar surface area (TPSA) is 57.3 Å². The highest BCUT2D eigenvalue weighted by Gasteiger charge is 2.24. The SMILES string of the molecule is CCc1cccc(CNCCC(C)NC(=O)CCN2CCCCC2c2cccnc2)c1. The van der Waals surface area contributed by atoms with Gasteiger partial charge in [0, 0.05) is 44.0 Å². The molecule has 1 saturated heterocycles. The van der Waals surface area contributed by atoms with Crippen LogP contribution in [-0.2, 0) is 17.8 Å². The van der Waals surface area contributed by atoms with Gasteiger partial charge in [0.05, 0.1) is 0 Å². The van der Waals surface area contributed by atoms with Crippen LogP contribution in [0.2, 0.25) is 0 Å². The van der Waals surface area contributed by atoms with Gasteiger partial charge in [0.15, 0.2) is 0 Å². The van der Waals surface area contributed by atoms with Crippen molar-refractivity contribution in [2.45, 2.75) is 71.0 Å². The second kappa shape index (κ2) is 12.6. The fourth-order valence-electron chi connectivity index (χ4n) is 4.38. The Bertz CT molecular complexity index is 795. The van der Waals surface area contributed by atoms with E-state index in [1.54, 1.807) is 0 Å². The van der Waals surface area contributed by atoms with Gasteiger partial charge in [0.2, 0.25) is 5.91 Å². The lowest BCUT2D eigenvalue weighted by molar-refractivity contribution is -0.122. The summed E-state index contributed by atoms with van der Waals surface area (Å²) in [5.74, 6) is 0.152. The molecule has 31 heavy (non-hydrogen) atoms. The summed E-state index contributed by atoms with van der Waals surface area (Å²) < 4.78 is 0. The van der Waals surface area contributed by atoms with Gasteiger partial charge in [-0.2, -0.15) is 0 Å². The molecule has 0 bridgehead atoms. The van der Waals surface area contributed by atoms with Crippen LogP contribution < -0.4 is 10.6 Å². The molecule has 1 aliphatic rings. The molecule has 0 saturated carbocycles. The van der Waals surface area contributed by atoms with E-state index >= 15 is 0 Å². The molecule has 0 radical (unpaired) electrons. The maximum Gasteiger partial charge on any atom is 0.221 e. The molecule has 0 aliphatic carbocycles. The van der Waals surface area contributed by atoms with Crippen LogP contribution in [0.4, 0.5) is 0 Å². The molecule has 1 aromatic heterocycles. The van der Waals surface area contributed by atoms with Gasteiger partial charge < -0.3 is 10.6 Å². The van der Waals surface area contributed by atoms with Crippen molar-refractivity contribution in [3.63, 3.8) is 0 Å². The van der Waals surface area contributed by atoms with Crippen LogP contribution >= 0.6 is 0 Å². The van der Waals surface area contributed by atoms with E-state index in [2.05, 4.69) is 64.7 Å². The first-order valence-electron chi connectivity index (χ1n) is 11.9. The van der Waals surface area contributed by atoms with Gasteiger partial charge in [-0.25, -0.2) is 0 Å². The van der Waals surface area contributed by atoms with E-state index in [4.69, 9.17) is 0 Å². The lowest BCUT2D eigenvalue weighted by Crippen LogP contribution is -2.39. The third kappa shape index (κ3) is 7.75. The molecule has 5 nitrogen and oxygen atoms in total. The van der Waals surface area contributed by atoms with Gasteiger partial charge in [0.25, 0.3) is 0 Å². The monoisotopic (exact) mass is 422 g/mol. The number of nitrogens with one attached hydrogen (secondary N) is 2. The first-order valence-corrected chi connectivity index (χ1v) is 11.9. The normalized spacial score (nSPS) is 17.9. The molecule has 1 aromatic carbocycles. The van der Waals surface area contributed by atoms with Crippen LogP contribution in [0.25, 0.3) is 0 Å². The van der Waals surface area contributed by atoms with Crippen molar-refractivity contribution < 1.29 is 4.79 Å². The first-order chi connectivity index (χ1) is 15.2. The van der Waals surface area contributed by atoms with E-state index in [9.17, 15) is 4.79 Å². The van der Waals surface area contributed by atoms with E-state index in [0.717, 1.165) is 45.4 Å². The van der Waals surface area contributed by atoms with E-state index in [1.807, 2.05) is 18.5 Å². The number of amides is 1. The first kappa shape index (κ1) is 23.4. The summed E-state index contributed by atoms with van der Waals surface area (Å²) in [4.78, 5) is 19.2. The van der Waals surface area contributed by atoms with Crippen LogP contribution in [0.5, 0.6) is 0 Å². The molecule has 2 atom stereocenters. The molecule has 1 amide bonds. The Labute approximate surface area is 187 Å². The van der Waals surface area contributed by atoms with E-state index in [1.165, 1.54) is 29.5 Å². The van der Waals surface area contributed by atoms with Crippen molar-refractivity contribution in [2.24, 2.45) is 0 Å². The number of carbonyl (C=O) groups is 1. The Morgan fingerprint density at radius 1 is 1.23 bits per heavy atom. The number of piperidine rings is 1. The Hall–Kier alpha value is -2.24. The van der Waals surface area contributed by atoms with E-state index in [-0.39, 0.29) is 11.9 Å². The number of hydrogen-bond acceptors (Lipinski definition) is 4. The standard InChI is InChI=1S/C26H38N4O/c1-3-22-8-6-9-23(18-22)19-28-15-12-21(2)29-26(31)13-17-30-16-5-4-11-25(30)24-10-7-14-27-20-24/h6-10,14,18,20-21,25,28H,3-5,11-13,15-17,19H2,1-2H3,(H,29,31). The molecule has 1 fully saturated rings.